The van der Waals surface area contributed by atoms with Crippen LogP contribution in [0.4, 0.5) is 0 Å². The van der Waals surface area contributed by atoms with E-state index in [0.717, 1.165) is 29.7 Å². The molecule has 1 unspecified atom stereocenters. The van der Waals surface area contributed by atoms with E-state index in [1.54, 1.807) is 0 Å². The molecule has 21 heavy (non-hydrogen) atoms. The van der Waals surface area contributed by atoms with Crippen LogP contribution in [0.1, 0.15) is 50.7 Å². The maximum absolute atomic E-state index is 11.3. The average molecular weight is 333 g/mol. The van der Waals surface area contributed by atoms with Gasteiger partial charge in [0, 0.05) is 16.6 Å². The topological polar surface area (TPSA) is 43.4 Å². The molecule has 0 aromatic heterocycles. The molecule has 0 N–H and O–H groups in total. The molecule has 0 spiro atoms. The minimum atomic E-state index is -3.49. The van der Waals surface area contributed by atoms with Crippen LogP contribution in [0, 0.1) is 12.8 Å². The van der Waals surface area contributed by atoms with Gasteiger partial charge in [-0.15, -0.1) is 0 Å². The first-order valence-corrected chi connectivity index (χ1v) is 9.86. The maximum Gasteiger partial charge on any atom is 0.232 e. The quantitative estimate of drug-likeness (QED) is 0.659. The van der Waals surface area contributed by atoms with Crippen molar-refractivity contribution in [3.63, 3.8) is 0 Å². The van der Waals surface area contributed by atoms with Gasteiger partial charge < -0.3 is 4.74 Å². The Hall–Kier alpha value is -0.740. The molecule has 1 rings (SSSR count). The highest BCUT2D eigenvalue weighted by molar-refractivity contribution is 8.13. The van der Waals surface area contributed by atoms with Gasteiger partial charge in [0.25, 0.3) is 0 Å². The zero-order valence-electron chi connectivity index (χ0n) is 13.2. The molecular weight excluding hydrogens is 308 g/mol. The molecule has 0 aliphatic rings. The minimum Gasteiger partial charge on any atom is -0.493 e. The molecule has 0 bridgehead atoms. The number of rotatable bonds is 8. The van der Waals surface area contributed by atoms with Crippen LogP contribution in [-0.4, -0.2) is 20.8 Å². The van der Waals surface area contributed by atoms with Crippen molar-refractivity contribution in [3.05, 3.63) is 29.3 Å². The Labute approximate surface area is 133 Å². The van der Waals surface area contributed by atoms with Crippen molar-refractivity contribution < 1.29 is 13.2 Å². The van der Waals surface area contributed by atoms with E-state index in [1.165, 1.54) is 0 Å². The zero-order chi connectivity index (χ0) is 16.0. The van der Waals surface area contributed by atoms with Gasteiger partial charge in [0.1, 0.15) is 5.75 Å². The predicted octanol–water partition coefficient (Wildman–Crippen LogP) is 4.48. The standard InChI is InChI=1S/C16H25ClO3S/c1-5-6-14(11-21(17,18)19)10-20-16-9-13(4)7-8-15(16)12(2)3/h7-9,12,14H,5-6,10-11H2,1-4H3. The van der Waals surface area contributed by atoms with Gasteiger partial charge in [-0.3, -0.25) is 0 Å². The molecule has 1 aromatic rings. The molecule has 1 aromatic carbocycles. The highest BCUT2D eigenvalue weighted by atomic mass is 35.7. The van der Waals surface area contributed by atoms with Gasteiger partial charge in [0.05, 0.1) is 12.4 Å². The van der Waals surface area contributed by atoms with Crippen molar-refractivity contribution in [1.29, 1.82) is 0 Å². The van der Waals surface area contributed by atoms with Gasteiger partial charge in [-0.25, -0.2) is 8.42 Å². The van der Waals surface area contributed by atoms with E-state index in [0.29, 0.717) is 12.5 Å². The number of hydrogen-bond acceptors (Lipinski definition) is 3. The van der Waals surface area contributed by atoms with Gasteiger partial charge in [-0.05, 0) is 36.5 Å². The molecule has 0 saturated carbocycles. The summed E-state index contributed by atoms with van der Waals surface area (Å²) in [6, 6.07) is 6.14. The molecule has 0 aliphatic heterocycles. The van der Waals surface area contributed by atoms with Gasteiger partial charge in [0.2, 0.25) is 9.05 Å². The van der Waals surface area contributed by atoms with Crippen molar-refractivity contribution >= 4 is 19.7 Å². The SMILES string of the molecule is CCCC(COc1cc(C)ccc1C(C)C)CS(=O)(=O)Cl. The van der Waals surface area contributed by atoms with Crippen LogP contribution < -0.4 is 4.74 Å². The van der Waals surface area contributed by atoms with Crippen LogP contribution in [0.25, 0.3) is 0 Å². The van der Waals surface area contributed by atoms with Gasteiger partial charge in [-0.2, -0.15) is 0 Å². The lowest BCUT2D eigenvalue weighted by molar-refractivity contribution is 0.250. The average Bonchev–Trinajstić information content (AvgIpc) is 2.34. The largest absolute Gasteiger partial charge is 0.493 e. The van der Waals surface area contributed by atoms with Crippen molar-refractivity contribution in [2.24, 2.45) is 5.92 Å². The molecule has 5 heteroatoms. The Bertz CT molecular complexity index is 553. The summed E-state index contributed by atoms with van der Waals surface area (Å²) in [5, 5.41) is 0. The second-order valence-corrected chi connectivity index (χ2v) is 8.69. The molecule has 0 amide bonds. The first-order chi connectivity index (χ1) is 9.73. The molecule has 0 fully saturated rings. The second-order valence-electron chi connectivity index (χ2n) is 5.87. The van der Waals surface area contributed by atoms with Crippen LogP contribution in [0.5, 0.6) is 5.75 Å². The normalized spacial score (nSPS) is 13.4. The molecule has 0 saturated heterocycles. The summed E-state index contributed by atoms with van der Waals surface area (Å²) in [6.07, 6.45) is 1.69. The smallest absolute Gasteiger partial charge is 0.232 e. The number of hydrogen-bond donors (Lipinski definition) is 0. The predicted molar refractivity (Wildman–Crippen MR) is 88.8 cm³/mol. The van der Waals surface area contributed by atoms with E-state index < -0.39 is 9.05 Å². The van der Waals surface area contributed by atoms with Crippen molar-refractivity contribution in [2.75, 3.05) is 12.4 Å². The van der Waals surface area contributed by atoms with E-state index in [9.17, 15) is 8.42 Å². The summed E-state index contributed by atoms with van der Waals surface area (Å²) in [6.45, 7) is 8.65. The number of ether oxygens (including phenoxy) is 1. The minimum absolute atomic E-state index is 0.0365. The summed E-state index contributed by atoms with van der Waals surface area (Å²) in [5.74, 6) is 1.10. The van der Waals surface area contributed by atoms with E-state index in [2.05, 4.69) is 26.0 Å². The molecule has 3 nitrogen and oxygen atoms in total. The Kier molecular flexibility index (Phi) is 7.01. The van der Waals surface area contributed by atoms with E-state index in [-0.39, 0.29) is 11.7 Å². The Morgan fingerprint density at radius 1 is 1.29 bits per heavy atom. The van der Waals surface area contributed by atoms with Crippen LogP contribution in [0.3, 0.4) is 0 Å². The third-order valence-electron chi connectivity index (χ3n) is 3.40. The van der Waals surface area contributed by atoms with Crippen molar-refractivity contribution in [3.8, 4) is 5.75 Å². The second kappa shape index (κ2) is 8.04. The fourth-order valence-corrected chi connectivity index (χ4v) is 3.72. The van der Waals surface area contributed by atoms with Gasteiger partial charge in [0.15, 0.2) is 0 Å². The zero-order valence-corrected chi connectivity index (χ0v) is 14.8. The summed E-state index contributed by atoms with van der Waals surface area (Å²) >= 11 is 0. The van der Waals surface area contributed by atoms with Gasteiger partial charge >= 0.3 is 0 Å². The molecule has 0 heterocycles. The summed E-state index contributed by atoms with van der Waals surface area (Å²) in [4.78, 5) is 0. The van der Waals surface area contributed by atoms with E-state index in [1.807, 2.05) is 19.9 Å². The molecular formula is C16H25ClO3S. The van der Waals surface area contributed by atoms with E-state index in [4.69, 9.17) is 15.4 Å². The summed E-state index contributed by atoms with van der Waals surface area (Å²) < 4.78 is 28.5. The van der Waals surface area contributed by atoms with E-state index >= 15 is 0 Å². The van der Waals surface area contributed by atoms with Crippen LogP contribution in [-0.2, 0) is 9.05 Å². The fraction of sp³-hybridized carbons (Fsp3) is 0.625. The summed E-state index contributed by atoms with van der Waals surface area (Å²) in [5.41, 5.74) is 2.27. The Morgan fingerprint density at radius 2 is 1.95 bits per heavy atom. The van der Waals surface area contributed by atoms with Crippen LogP contribution in [0.2, 0.25) is 0 Å². The highest BCUT2D eigenvalue weighted by Crippen LogP contribution is 2.28. The number of halogens is 1. The Balaban J connectivity index is 2.82. The first kappa shape index (κ1) is 18.3. The number of benzene rings is 1. The molecule has 120 valence electrons. The highest BCUT2D eigenvalue weighted by Gasteiger charge is 2.18. The van der Waals surface area contributed by atoms with Crippen molar-refractivity contribution in [2.45, 2.75) is 46.5 Å². The monoisotopic (exact) mass is 332 g/mol. The van der Waals surface area contributed by atoms with Gasteiger partial charge in [-0.1, -0.05) is 39.3 Å². The third kappa shape index (κ3) is 6.70. The fourth-order valence-electron chi connectivity index (χ4n) is 2.36. The maximum atomic E-state index is 11.3. The Morgan fingerprint density at radius 3 is 2.48 bits per heavy atom. The lowest BCUT2D eigenvalue weighted by Crippen LogP contribution is -2.20. The van der Waals surface area contributed by atoms with Crippen LogP contribution in [0.15, 0.2) is 18.2 Å². The third-order valence-corrected chi connectivity index (χ3v) is 4.64. The molecule has 0 aliphatic carbocycles. The summed E-state index contributed by atoms with van der Waals surface area (Å²) in [7, 11) is 1.88. The van der Waals surface area contributed by atoms with Crippen LogP contribution >= 0.6 is 10.7 Å². The lowest BCUT2D eigenvalue weighted by Gasteiger charge is -2.19. The number of aryl methyl sites for hydroxylation is 1. The molecule has 0 radical (unpaired) electrons. The van der Waals surface area contributed by atoms with Crippen molar-refractivity contribution in [1.82, 2.24) is 0 Å². The first-order valence-electron chi connectivity index (χ1n) is 7.38. The molecule has 1 atom stereocenters. The lowest BCUT2D eigenvalue weighted by atomic mass is 10.0.